The van der Waals surface area contributed by atoms with Crippen LogP contribution < -0.4 is 0 Å². The van der Waals surface area contributed by atoms with Crippen LogP contribution in [0.5, 0.6) is 0 Å². The fourth-order valence-corrected chi connectivity index (χ4v) is 3.29. The maximum Gasteiger partial charge on any atom is 0.335 e. The number of rotatable bonds is 5. The molecular weight excluding hydrogens is 306 g/mol. The van der Waals surface area contributed by atoms with E-state index in [0.717, 1.165) is 22.7 Å². The van der Waals surface area contributed by atoms with Crippen molar-refractivity contribution in [3.8, 4) is 0 Å². The Morgan fingerprint density at radius 2 is 1.83 bits per heavy atom. The fourth-order valence-electron chi connectivity index (χ4n) is 2.47. The normalized spacial score (nSPS) is 10.7. The van der Waals surface area contributed by atoms with Crippen LogP contribution in [0.25, 0.3) is 0 Å². The first kappa shape index (κ1) is 15.4. The molecule has 0 saturated carbocycles. The predicted octanol–water partition coefficient (Wildman–Crippen LogP) is 4.33. The second-order valence-electron chi connectivity index (χ2n) is 5.53. The van der Waals surface area contributed by atoms with Gasteiger partial charge in [0.1, 0.15) is 0 Å². The molecule has 23 heavy (non-hydrogen) atoms. The zero-order chi connectivity index (χ0) is 16.2. The monoisotopic (exact) mass is 323 g/mol. The van der Waals surface area contributed by atoms with Gasteiger partial charge >= 0.3 is 5.97 Å². The minimum absolute atomic E-state index is 0.350. The van der Waals surface area contributed by atoms with E-state index in [1.54, 1.807) is 23.5 Å². The third-order valence-corrected chi connectivity index (χ3v) is 4.59. The standard InChI is InChI=1S/C19H17NO2S/c1-13-6-8-14(9-7-13)10-16-12-23-18(20-16)11-15-4-2-3-5-17(15)19(21)22/h2-9,12H,10-11H2,1H3,(H,21,22). The number of aryl methyl sites for hydroxylation is 1. The van der Waals surface area contributed by atoms with Crippen molar-refractivity contribution >= 4 is 17.3 Å². The molecule has 3 rings (SSSR count). The molecule has 1 N–H and O–H groups in total. The number of carbonyl (C=O) groups is 1. The lowest BCUT2D eigenvalue weighted by Crippen LogP contribution is -2.02. The molecule has 0 aliphatic carbocycles. The van der Waals surface area contributed by atoms with Gasteiger partial charge in [-0.2, -0.15) is 0 Å². The molecule has 1 aromatic heterocycles. The quantitative estimate of drug-likeness (QED) is 0.760. The molecule has 0 saturated heterocycles. The van der Waals surface area contributed by atoms with Gasteiger partial charge in [-0.15, -0.1) is 11.3 Å². The number of benzene rings is 2. The zero-order valence-electron chi connectivity index (χ0n) is 12.8. The second kappa shape index (κ2) is 6.75. The molecule has 4 heteroatoms. The summed E-state index contributed by atoms with van der Waals surface area (Å²) in [5.41, 5.74) is 4.66. The minimum atomic E-state index is -0.892. The summed E-state index contributed by atoms with van der Waals surface area (Å²) in [6, 6.07) is 15.5. The van der Waals surface area contributed by atoms with Crippen LogP contribution in [0.15, 0.2) is 53.9 Å². The van der Waals surface area contributed by atoms with Gasteiger partial charge in [0.25, 0.3) is 0 Å². The zero-order valence-corrected chi connectivity index (χ0v) is 13.6. The first-order valence-corrected chi connectivity index (χ1v) is 8.30. The molecule has 1 heterocycles. The number of hydrogen-bond acceptors (Lipinski definition) is 3. The van der Waals surface area contributed by atoms with Gasteiger partial charge in [-0.25, -0.2) is 9.78 Å². The highest BCUT2D eigenvalue weighted by atomic mass is 32.1. The maximum atomic E-state index is 11.3. The largest absolute Gasteiger partial charge is 0.478 e. The molecule has 3 nitrogen and oxygen atoms in total. The number of carboxylic acid groups (broad SMARTS) is 1. The van der Waals surface area contributed by atoms with Crippen molar-refractivity contribution in [1.29, 1.82) is 0 Å². The van der Waals surface area contributed by atoms with Crippen LogP contribution in [0.4, 0.5) is 0 Å². The van der Waals surface area contributed by atoms with E-state index in [2.05, 4.69) is 41.6 Å². The Morgan fingerprint density at radius 1 is 1.09 bits per heavy atom. The number of hydrogen-bond donors (Lipinski definition) is 1. The van der Waals surface area contributed by atoms with Crippen molar-refractivity contribution in [3.63, 3.8) is 0 Å². The third-order valence-electron chi connectivity index (χ3n) is 3.69. The van der Waals surface area contributed by atoms with Crippen molar-refractivity contribution in [2.75, 3.05) is 0 Å². The number of thiazole rings is 1. The molecule has 0 unspecified atom stereocenters. The van der Waals surface area contributed by atoms with E-state index in [0.29, 0.717) is 12.0 Å². The summed E-state index contributed by atoms with van der Waals surface area (Å²) in [4.78, 5) is 15.9. The van der Waals surface area contributed by atoms with E-state index in [4.69, 9.17) is 0 Å². The number of aromatic nitrogens is 1. The topological polar surface area (TPSA) is 50.2 Å². The smallest absolute Gasteiger partial charge is 0.335 e. The van der Waals surface area contributed by atoms with Gasteiger partial charge in [0, 0.05) is 18.2 Å². The van der Waals surface area contributed by atoms with Crippen LogP contribution in [0.3, 0.4) is 0 Å². The molecule has 3 aromatic rings. The Kier molecular flexibility index (Phi) is 4.53. The molecule has 0 spiro atoms. The van der Waals surface area contributed by atoms with E-state index in [1.807, 2.05) is 12.1 Å². The van der Waals surface area contributed by atoms with Crippen molar-refractivity contribution < 1.29 is 9.90 Å². The molecular formula is C19H17NO2S. The van der Waals surface area contributed by atoms with Gasteiger partial charge in [0.15, 0.2) is 0 Å². The Balaban J connectivity index is 1.75. The average Bonchev–Trinajstić information content (AvgIpc) is 2.97. The first-order chi connectivity index (χ1) is 11.1. The van der Waals surface area contributed by atoms with Gasteiger partial charge in [0.05, 0.1) is 16.3 Å². The van der Waals surface area contributed by atoms with Gasteiger partial charge < -0.3 is 5.11 Å². The van der Waals surface area contributed by atoms with Gasteiger partial charge in [-0.1, -0.05) is 48.0 Å². The van der Waals surface area contributed by atoms with Crippen molar-refractivity contribution in [3.05, 3.63) is 86.9 Å². The molecule has 0 aliphatic rings. The highest BCUT2D eigenvalue weighted by Crippen LogP contribution is 2.19. The fraction of sp³-hybridized carbons (Fsp3) is 0.158. The Morgan fingerprint density at radius 3 is 2.57 bits per heavy atom. The first-order valence-electron chi connectivity index (χ1n) is 7.42. The second-order valence-corrected chi connectivity index (χ2v) is 6.48. The molecule has 0 fully saturated rings. The average molecular weight is 323 g/mol. The SMILES string of the molecule is Cc1ccc(Cc2csc(Cc3ccccc3C(=O)O)n2)cc1. The molecule has 2 aromatic carbocycles. The molecule has 0 radical (unpaired) electrons. The lowest BCUT2D eigenvalue weighted by atomic mass is 10.1. The van der Waals surface area contributed by atoms with E-state index in [9.17, 15) is 9.90 Å². The van der Waals surface area contributed by atoms with Crippen molar-refractivity contribution in [2.45, 2.75) is 19.8 Å². The van der Waals surface area contributed by atoms with Crippen LogP contribution in [-0.4, -0.2) is 16.1 Å². The Labute approximate surface area is 139 Å². The Bertz CT molecular complexity index is 821. The molecule has 0 atom stereocenters. The maximum absolute atomic E-state index is 11.3. The lowest BCUT2D eigenvalue weighted by Gasteiger charge is -2.03. The Hall–Kier alpha value is -2.46. The van der Waals surface area contributed by atoms with Crippen LogP contribution in [-0.2, 0) is 12.8 Å². The summed E-state index contributed by atoms with van der Waals surface area (Å²) < 4.78 is 0. The highest BCUT2D eigenvalue weighted by molar-refractivity contribution is 7.09. The number of carboxylic acids is 1. The van der Waals surface area contributed by atoms with Crippen LogP contribution in [0.1, 0.15) is 37.7 Å². The molecule has 116 valence electrons. The van der Waals surface area contributed by atoms with Crippen LogP contribution in [0.2, 0.25) is 0 Å². The summed E-state index contributed by atoms with van der Waals surface area (Å²) in [6.07, 6.45) is 1.36. The minimum Gasteiger partial charge on any atom is -0.478 e. The van der Waals surface area contributed by atoms with E-state index >= 15 is 0 Å². The summed E-state index contributed by atoms with van der Waals surface area (Å²) in [6.45, 7) is 2.07. The summed E-state index contributed by atoms with van der Waals surface area (Å²) in [5.74, 6) is -0.892. The van der Waals surface area contributed by atoms with E-state index in [1.165, 1.54) is 11.1 Å². The van der Waals surface area contributed by atoms with Crippen molar-refractivity contribution in [1.82, 2.24) is 4.98 Å². The van der Waals surface area contributed by atoms with E-state index in [-0.39, 0.29) is 0 Å². The number of aromatic carboxylic acids is 1. The molecule has 0 bridgehead atoms. The van der Waals surface area contributed by atoms with Crippen molar-refractivity contribution in [2.24, 2.45) is 0 Å². The summed E-state index contributed by atoms with van der Waals surface area (Å²) >= 11 is 1.58. The molecule has 0 amide bonds. The molecule has 0 aliphatic heterocycles. The predicted molar refractivity (Wildman–Crippen MR) is 92.3 cm³/mol. The van der Waals surface area contributed by atoms with Gasteiger partial charge in [-0.3, -0.25) is 0 Å². The van der Waals surface area contributed by atoms with Gasteiger partial charge in [0.2, 0.25) is 0 Å². The lowest BCUT2D eigenvalue weighted by molar-refractivity contribution is 0.0696. The van der Waals surface area contributed by atoms with E-state index < -0.39 is 5.97 Å². The highest BCUT2D eigenvalue weighted by Gasteiger charge is 2.11. The van der Waals surface area contributed by atoms with Crippen LogP contribution in [0, 0.1) is 6.92 Å². The summed E-state index contributed by atoms with van der Waals surface area (Å²) in [7, 11) is 0. The van der Waals surface area contributed by atoms with Gasteiger partial charge in [-0.05, 0) is 24.1 Å². The number of nitrogens with zero attached hydrogens (tertiary/aromatic N) is 1. The van der Waals surface area contributed by atoms with Crippen LogP contribution >= 0.6 is 11.3 Å². The summed E-state index contributed by atoms with van der Waals surface area (Å²) in [5, 5.41) is 12.2. The third kappa shape index (κ3) is 3.85.